The zero-order valence-corrected chi connectivity index (χ0v) is 15.2. The Kier molecular flexibility index (Phi) is 7.03. The van der Waals surface area contributed by atoms with Gasteiger partial charge >= 0.3 is 0 Å². The molecular weight excluding hydrogens is 308 g/mol. The van der Waals surface area contributed by atoms with Crippen LogP contribution >= 0.6 is 0 Å². The van der Waals surface area contributed by atoms with E-state index in [2.05, 4.69) is 66.7 Å². The van der Waals surface area contributed by atoms with Gasteiger partial charge in [-0.25, -0.2) is 4.99 Å². The van der Waals surface area contributed by atoms with Crippen LogP contribution in [0.25, 0.3) is 0 Å². The van der Waals surface area contributed by atoms with E-state index in [0.29, 0.717) is 18.0 Å². The number of rotatable bonds is 6. The molecule has 2 aromatic carbocycles. The maximum absolute atomic E-state index is 8.85. The summed E-state index contributed by atoms with van der Waals surface area (Å²) in [6.07, 6.45) is 0. The lowest BCUT2D eigenvalue weighted by Crippen LogP contribution is -2.39. The van der Waals surface area contributed by atoms with Gasteiger partial charge in [0.05, 0.1) is 18.2 Å². The molecule has 0 heterocycles. The molecule has 2 rings (SSSR count). The highest BCUT2D eigenvalue weighted by Crippen LogP contribution is 2.14. The van der Waals surface area contributed by atoms with Gasteiger partial charge in [0.2, 0.25) is 0 Å². The number of guanidine groups is 1. The SMILES string of the molecule is CCNC(=NCc1ccc(C#N)cc1)NCC(C)c1ccc(C)cc1. The van der Waals surface area contributed by atoms with E-state index < -0.39 is 0 Å². The van der Waals surface area contributed by atoms with Gasteiger partial charge in [-0.05, 0) is 43.0 Å². The van der Waals surface area contributed by atoms with E-state index in [4.69, 9.17) is 5.26 Å². The van der Waals surface area contributed by atoms with Gasteiger partial charge in [0, 0.05) is 13.1 Å². The van der Waals surface area contributed by atoms with Crippen molar-refractivity contribution < 1.29 is 0 Å². The lowest BCUT2D eigenvalue weighted by Gasteiger charge is -2.16. The lowest BCUT2D eigenvalue weighted by atomic mass is 10.0. The standard InChI is InChI=1S/C21H26N4/c1-4-23-21(25-15-19-9-7-18(13-22)8-10-19)24-14-17(3)20-11-5-16(2)6-12-20/h5-12,17H,4,14-15H2,1-3H3,(H2,23,24,25). The van der Waals surface area contributed by atoms with Crippen molar-refractivity contribution in [1.29, 1.82) is 5.26 Å². The number of hydrogen-bond donors (Lipinski definition) is 2. The molecule has 1 unspecified atom stereocenters. The summed E-state index contributed by atoms with van der Waals surface area (Å²) in [4.78, 5) is 4.63. The summed E-state index contributed by atoms with van der Waals surface area (Å²) in [5.41, 5.74) is 4.36. The number of nitrogens with zero attached hydrogens (tertiary/aromatic N) is 2. The first kappa shape index (κ1) is 18.5. The van der Waals surface area contributed by atoms with E-state index in [1.807, 2.05) is 24.3 Å². The zero-order chi connectivity index (χ0) is 18.1. The fourth-order valence-corrected chi connectivity index (χ4v) is 2.46. The molecular formula is C21H26N4. The molecule has 0 amide bonds. The van der Waals surface area contributed by atoms with E-state index >= 15 is 0 Å². The average molecular weight is 334 g/mol. The quantitative estimate of drug-likeness (QED) is 0.625. The van der Waals surface area contributed by atoms with Crippen LogP contribution in [-0.4, -0.2) is 19.0 Å². The molecule has 0 fully saturated rings. The Morgan fingerprint density at radius 3 is 2.36 bits per heavy atom. The highest BCUT2D eigenvalue weighted by Gasteiger charge is 2.06. The molecule has 2 N–H and O–H groups in total. The number of aryl methyl sites for hydroxylation is 1. The molecule has 25 heavy (non-hydrogen) atoms. The van der Waals surface area contributed by atoms with E-state index in [0.717, 1.165) is 24.6 Å². The minimum atomic E-state index is 0.402. The second-order valence-corrected chi connectivity index (χ2v) is 6.20. The van der Waals surface area contributed by atoms with Crippen molar-refractivity contribution in [2.24, 2.45) is 4.99 Å². The third-order valence-corrected chi connectivity index (χ3v) is 4.07. The van der Waals surface area contributed by atoms with Gasteiger partial charge in [0.15, 0.2) is 5.96 Å². The van der Waals surface area contributed by atoms with E-state index in [-0.39, 0.29) is 0 Å². The second-order valence-electron chi connectivity index (χ2n) is 6.20. The molecule has 2 aromatic rings. The van der Waals surface area contributed by atoms with Crippen molar-refractivity contribution in [3.63, 3.8) is 0 Å². The average Bonchev–Trinajstić information content (AvgIpc) is 2.64. The van der Waals surface area contributed by atoms with Gasteiger partial charge < -0.3 is 10.6 Å². The van der Waals surface area contributed by atoms with Crippen molar-refractivity contribution in [2.75, 3.05) is 13.1 Å². The maximum Gasteiger partial charge on any atom is 0.191 e. The van der Waals surface area contributed by atoms with Crippen LogP contribution in [0.4, 0.5) is 0 Å². The summed E-state index contributed by atoms with van der Waals surface area (Å²) >= 11 is 0. The Morgan fingerprint density at radius 1 is 1.08 bits per heavy atom. The van der Waals surface area contributed by atoms with Crippen molar-refractivity contribution in [3.8, 4) is 6.07 Å². The van der Waals surface area contributed by atoms with Gasteiger partial charge in [-0.1, -0.05) is 48.9 Å². The van der Waals surface area contributed by atoms with Gasteiger partial charge in [-0.15, -0.1) is 0 Å². The molecule has 130 valence electrons. The zero-order valence-electron chi connectivity index (χ0n) is 15.2. The number of aliphatic imine (C=N–C) groups is 1. The molecule has 0 radical (unpaired) electrons. The predicted molar refractivity (Wildman–Crippen MR) is 104 cm³/mol. The number of benzene rings is 2. The van der Waals surface area contributed by atoms with Crippen LogP contribution in [-0.2, 0) is 6.54 Å². The van der Waals surface area contributed by atoms with Crippen LogP contribution in [0, 0.1) is 18.3 Å². The summed E-state index contributed by atoms with van der Waals surface area (Å²) < 4.78 is 0. The Hall–Kier alpha value is -2.80. The number of nitrogens with one attached hydrogen (secondary N) is 2. The van der Waals surface area contributed by atoms with Crippen molar-refractivity contribution in [1.82, 2.24) is 10.6 Å². The normalized spacial score (nSPS) is 12.3. The van der Waals surface area contributed by atoms with Crippen molar-refractivity contribution in [2.45, 2.75) is 33.2 Å². The molecule has 0 aliphatic heterocycles. The number of hydrogen-bond acceptors (Lipinski definition) is 2. The van der Waals surface area contributed by atoms with Gasteiger partial charge in [0.25, 0.3) is 0 Å². The third-order valence-electron chi connectivity index (χ3n) is 4.07. The Labute approximate surface area is 150 Å². The molecule has 0 saturated carbocycles. The van der Waals surface area contributed by atoms with Crippen LogP contribution in [0.2, 0.25) is 0 Å². The largest absolute Gasteiger partial charge is 0.357 e. The van der Waals surface area contributed by atoms with Crippen LogP contribution in [0.15, 0.2) is 53.5 Å². The molecule has 1 atom stereocenters. The first-order chi connectivity index (χ1) is 12.1. The summed E-state index contributed by atoms with van der Waals surface area (Å²) in [6, 6.07) is 18.3. The highest BCUT2D eigenvalue weighted by molar-refractivity contribution is 5.79. The van der Waals surface area contributed by atoms with Crippen LogP contribution in [0.5, 0.6) is 0 Å². The van der Waals surface area contributed by atoms with Gasteiger partial charge in [-0.2, -0.15) is 5.26 Å². The topological polar surface area (TPSA) is 60.2 Å². The Morgan fingerprint density at radius 2 is 1.76 bits per heavy atom. The van der Waals surface area contributed by atoms with Gasteiger partial charge in [-0.3, -0.25) is 0 Å². The summed E-state index contributed by atoms with van der Waals surface area (Å²) in [5.74, 6) is 1.21. The second kappa shape index (κ2) is 9.48. The third kappa shape index (κ3) is 5.96. The molecule has 0 spiro atoms. The molecule has 0 aromatic heterocycles. The van der Waals surface area contributed by atoms with E-state index in [1.54, 1.807) is 0 Å². The monoisotopic (exact) mass is 334 g/mol. The molecule has 4 heteroatoms. The smallest absolute Gasteiger partial charge is 0.191 e. The Bertz CT molecular complexity index is 724. The predicted octanol–water partition coefficient (Wildman–Crippen LogP) is 3.73. The summed E-state index contributed by atoms with van der Waals surface area (Å²) in [5, 5.41) is 15.5. The maximum atomic E-state index is 8.85. The van der Waals surface area contributed by atoms with Crippen LogP contribution in [0.3, 0.4) is 0 Å². The molecule has 0 bridgehead atoms. The van der Waals surface area contributed by atoms with Crippen LogP contribution < -0.4 is 10.6 Å². The molecule has 4 nitrogen and oxygen atoms in total. The minimum absolute atomic E-state index is 0.402. The molecule has 0 aliphatic rings. The minimum Gasteiger partial charge on any atom is -0.357 e. The lowest BCUT2D eigenvalue weighted by molar-refractivity contribution is 0.699. The molecule has 0 saturated heterocycles. The van der Waals surface area contributed by atoms with Gasteiger partial charge in [0.1, 0.15) is 0 Å². The first-order valence-corrected chi connectivity index (χ1v) is 8.70. The molecule has 0 aliphatic carbocycles. The van der Waals surface area contributed by atoms with E-state index in [1.165, 1.54) is 11.1 Å². The fraction of sp³-hybridized carbons (Fsp3) is 0.333. The van der Waals surface area contributed by atoms with Crippen molar-refractivity contribution in [3.05, 3.63) is 70.8 Å². The highest BCUT2D eigenvalue weighted by atomic mass is 15.2. The van der Waals surface area contributed by atoms with Crippen LogP contribution in [0.1, 0.15) is 42.0 Å². The first-order valence-electron chi connectivity index (χ1n) is 8.70. The fourth-order valence-electron chi connectivity index (χ4n) is 2.46. The van der Waals surface area contributed by atoms with Crippen molar-refractivity contribution >= 4 is 5.96 Å². The van der Waals surface area contributed by atoms with E-state index in [9.17, 15) is 0 Å². The summed E-state index contributed by atoms with van der Waals surface area (Å²) in [7, 11) is 0. The number of nitriles is 1. The Balaban J connectivity index is 1.94. The summed E-state index contributed by atoms with van der Waals surface area (Å²) in [6.45, 7) is 8.59.